The summed E-state index contributed by atoms with van der Waals surface area (Å²) in [6.07, 6.45) is -0.252. The molecule has 1 aromatic carbocycles. The standard InChI is InChI=1S/C25H34N4O6S2/c1-6-29(7-2)37(33,34)18-11-9-17(10-12-18)22(30)26-24-21(23(31)27-25(32)35-8-3)19-13-14-28(16(4)5)15-20(19)36-24/h9-12,16H,6-8,13-15H2,1-5H3,(H,26,30)(H,27,31,32). The van der Waals surface area contributed by atoms with Gasteiger partial charge in [0.25, 0.3) is 11.8 Å². The molecule has 0 saturated carbocycles. The van der Waals surface area contributed by atoms with Crippen molar-refractivity contribution in [2.24, 2.45) is 0 Å². The van der Waals surface area contributed by atoms with Crippen LogP contribution >= 0.6 is 11.3 Å². The molecule has 10 nitrogen and oxygen atoms in total. The smallest absolute Gasteiger partial charge is 0.414 e. The number of carbonyl (C=O) groups is 3. The van der Waals surface area contributed by atoms with Gasteiger partial charge in [0.2, 0.25) is 10.0 Å². The first-order valence-electron chi connectivity index (χ1n) is 12.3. The van der Waals surface area contributed by atoms with Gasteiger partial charge in [0.05, 0.1) is 17.1 Å². The Bertz CT molecular complexity index is 1250. The molecule has 202 valence electrons. The van der Waals surface area contributed by atoms with Gasteiger partial charge in [0, 0.05) is 42.7 Å². The molecular formula is C25H34N4O6S2. The fourth-order valence-electron chi connectivity index (χ4n) is 4.18. The van der Waals surface area contributed by atoms with Gasteiger partial charge < -0.3 is 10.1 Å². The molecule has 0 saturated heterocycles. The number of ether oxygens (including phenoxy) is 1. The molecule has 2 N–H and O–H groups in total. The molecule has 0 radical (unpaired) electrons. The Morgan fingerprint density at radius 2 is 1.73 bits per heavy atom. The largest absolute Gasteiger partial charge is 0.450 e. The second-order valence-electron chi connectivity index (χ2n) is 8.76. The van der Waals surface area contributed by atoms with Crippen LogP contribution in [-0.4, -0.2) is 67.8 Å². The van der Waals surface area contributed by atoms with E-state index in [4.69, 9.17) is 4.74 Å². The second-order valence-corrected chi connectivity index (χ2v) is 11.8. The first-order chi connectivity index (χ1) is 17.5. The Labute approximate surface area is 222 Å². The highest BCUT2D eigenvalue weighted by atomic mass is 32.2. The third-order valence-corrected chi connectivity index (χ3v) is 9.42. The van der Waals surface area contributed by atoms with Gasteiger partial charge in [0.15, 0.2) is 0 Å². The van der Waals surface area contributed by atoms with Gasteiger partial charge in [-0.2, -0.15) is 4.31 Å². The quantitative estimate of drug-likeness (QED) is 0.488. The van der Waals surface area contributed by atoms with Crippen LogP contribution in [0.2, 0.25) is 0 Å². The van der Waals surface area contributed by atoms with E-state index in [0.717, 1.165) is 17.0 Å². The predicted octanol–water partition coefficient (Wildman–Crippen LogP) is 3.68. The zero-order valence-corrected chi connectivity index (χ0v) is 23.4. The molecular weight excluding hydrogens is 516 g/mol. The Kier molecular flexibility index (Phi) is 9.46. The summed E-state index contributed by atoms with van der Waals surface area (Å²) in [6, 6.07) is 6.00. The Balaban J connectivity index is 1.89. The summed E-state index contributed by atoms with van der Waals surface area (Å²) >= 11 is 1.30. The average Bonchev–Trinajstić information content (AvgIpc) is 3.21. The predicted molar refractivity (Wildman–Crippen MR) is 143 cm³/mol. The van der Waals surface area contributed by atoms with E-state index in [1.54, 1.807) is 20.8 Å². The molecule has 0 atom stereocenters. The lowest BCUT2D eigenvalue weighted by molar-refractivity contribution is 0.0924. The van der Waals surface area contributed by atoms with Gasteiger partial charge in [0.1, 0.15) is 5.00 Å². The molecule has 3 amide bonds. The number of fused-ring (bicyclic) bond motifs is 1. The number of amides is 3. The van der Waals surface area contributed by atoms with Crippen LogP contribution in [0.25, 0.3) is 0 Å². The number of carbonyl (C=O) groups excluding carboxylic acids is 3. The maximum absolute atomic E-state index is 13.1. The maximum Gasteiger partial charge on any atom is 0.414 e. The van der Waals surface area contributed by atoms with Crippen LogP contribution in [0.3, 0.4) is 0 Å². The monoisotopic (exact) mass is 550 g/mol. The van der Waals surface area contributed by atoms with Crippen molar-refractivity contribution in [2.45, 2.75) is 58.5 Å². The number of hydrogen-bond donors (Lipinski definition) is 2. The summed E-state index contributed by atoms with van der Waals surface area (Å²) in [6.45, 7) is 11.5. The van der Waals surface area contributed by atoms with E-state index in [1.807, 2.05) is 0 Å². The number of imide groups is 1. The van der Waals surface area contributed by atoms with Gasteiger partial charge >= 0.3 is 6.09 Å². The molecule has 2 heterocycles. The zero-order chi connectivity index (χ0) is 27.3. The highest BCUT2D eigenvalue weighted by Gasteiger charge is 2.30. The van der Waals surface area contributed by atoms with Crippen molar-refractivity contribution in [3.8, 4) is 0 Å². The van der Waals surface area contributed by atoms with Crippen molar-refractivity contribution in [3.05, 3.63) is 45.8 Å². The molecule has 0 spiro atoms. The van der Waals surface area contributed by atoms with Crippen molar-refractivity contribution in [1.29, 1.82) is 0 Å². The van der Waals surface area contributed by atoms with E-state index in [0.29, 0.717) is 37.1 Å². The van der Waals surface area contributed by atoms with Crippen LogP contribution in [-0.2, 0) is 27.7 Å². The lowest BCUT2D eigenvalue weighted by Crippen LogP contribution is -2.36. The number of hydrogen-bond acceptors (Lipinski definition) is 8. The van der Waals surface area contributed by atoms with Crippen molar-refractivity contribution in [2.75, 3.05) is 31.6 Å². The van der Waals surface area contributed by atoms with Gasteiger partial charge in [-0.3, -0.25) is 19.8 Å². The molecule has 0 fully saturated rings. The highest BCUT2D eigenvalue weighted by Crippen LogP contribution is 2.38. The van der Waals surface area contributed by atoms with Crippen LogP contribution in [0.15, 0.2) is 29.2 Å². The minimum atomic E-state index is -3.65. The van der Waals surface area contributed by atoms with E-state index in [1.165, 1.54) is 39.9 Å². The fraction of sp³-hybridized carbons (Fsp3) is 0.480. The lowest BCUT2D eigenvalue weighted by atomic mass is 10.0. The van der Waals surface area contributed by atoms with E-state index in [-0.39, 0.29) is 22.6 Å². The number of nitrogens with zero attached hydrogens (tertiary/aromatic N) is 2. The van der Waals surface area contributed by atoms with Crippen molar-refractivity contribution < 1.29 is 27.5 Å². The van der Waals surface area contributed by atoms with Crippen molar-refractivity contribution >= 4 is 44.3 Å². The third kappa shape index (κ3) is 6.38. The molecule has 1 aliphatic rings. The van der Waals surface area contributed by atoms with E-state index in [9.17, 15) is 22.8 Å². The van der Waals surface area contributed by atoms with Crippen LogP contribution < -0.4 is 10.6 Å². The molecule has 0 unspecified atom stereocenters. The highest BCUT2D eigenvalue weighted by molar-refractivity contribution is 7.89. The van der Waals surface area contributed by atoms with Crippen LogP contribution in [0, 0.1) is 0 Å². The fourth-order valence-corrected chi connectivity index (χ4v) is 6.90. The molecule has 0 bridgehead atoms. The Morgan fingerprint density at radius 3 is 2.30 bits per heavy atom. The number of rotatable bonds is 9. The summed E-state index contributed by atoms with van der Waals surface area (Å²) in [7, 11) is -3.65. The Morgan fingerprint density at radius 1 is 1.08 bits per heavy atom. The van der Waals surface area contributed by atoms with Gasteiger partial charge in [-0.1, -0.05) is 13.8 Å². The third-order valence-electron chi connectivity index (χ3n) is 6.22. The number of nitrogens with one attached hydrogen (secondary N) is 2. The minimum absolute atomic E-state index is 0.0996. The molecule has 12 heteroatoms. The molecule has 3 rings (SSSR count). The van der Waals surface area contributed by atoms with Crippen molar-refractivity contribution in [1.82, 2.24) is 14.5 Å². The lowest BCUT2D eigenvalue weighted by Gasteiger charge is -2.30. The second kappa shape index (κ2) is 12.2. The summed E-state index contributed by atoms with van der Waals surface area (Å²) in [5.74, 6) is -1.12. The molecule has 37 heavy (non-hydrogen) atoms. The van der Waals surface area contributed by atoms with Crippen molar-refractivity contribution in [3.63, 3.8) is 0 Å². The first-order valence-corrected chi connectivity index (χ1v) is 14.6. The number of thiophene rings is 1. The van der Waals surface area contributed by atoms with Gasteiger partial charge in [-0.05, 0) is 57.0 Å². The number of benzene rings is 1. The van der Waals surface area contributed by atoms with Crippen LogP contribution in [0.4, 0.5) is 9.80 Å². The normalized spacial score (nSPS) is 13.9. The summed E-state index contributed by atoms with van der Waals surface area (Å²) in [4.78, 5) is 41.4. The van der Waals surface area contributed by atoms with E-state index < -0.39 is 27.9 Å². The van der Waals surface area contributed by atoms with E-state index >= 15 is 0 Å². The van der Waals surface area contributed by atoms with Gasteiger partial charge in [-0.15, -0.1) is 11.3 Å². The molecule has 1 aliphatic heterocycles. The number of anilines is 1. The minimum Gasteiger partial charge on any atom is -0.450 e. The average molecular weight is 551 g/mol. The molecule has 0 aliphatic carbocycles. The van der Waals surface area contributed by atoms with E-state index in [2.05, 4.69) is 29.4 Å². The topological polar surface area (TPSA) is 125 Å². The molecule has 1 aromatic heterocycles. The summed E-state index contributed by atoms with van der Waals surface area (Å²) < 4.78 is 31.7. The van der Waals surface area contributed by atoms with Crippen LogP contribution in [0.5, 0.6) is 0 Å². The Hall–Kier alpha value is -2.80. The number of sulfonamides is 1. The molecule has 2 aromatic rings. The van der Waals surface area contributed by atoms with Gasteiger partial charge in [-0.25, -0.2) is 13.2 Å². The van der Waals surface area contributed by atoms with Crippen LogP contribution in [0.1, 0.15) is 65.8 Å². The SMILES string of the molecule is CCOC(=O)NC(=O)c1c(NC(=O)c2ccc(S(=O)(=O)N(CC)CC)cc2)sc2c1CCN(C(C)C)C2. The maximum atomic E-state index is 13.1. The first kappa shape index (κ1) is 28.8. The number of alkyl carbamates (subject to hydrolysis) is 1. The summed E-state index contributed by atoms with van der Waals surface area (Å²) in [5.41, 5.74) is 1.30. The summed E-state index contributed by atoms with van der Waals surface area (Å²) in [5, 5.41) is 5.38. The zero-order valence-electron chi connectivity index (χ0n) is 21.8.